The molecule has 0 aliphatic carbocycles. The van der Waals surface area contributed by atoms with Crippen molar-refractivity contribution in [3.05, 3.63) is 65.5 Å². The monoisotopic (exact) mass is 429 g/mol. The van der Waals surface area contributed by atoms with Crippen molar-refractivity contribution in [2.75, 3.05) is 10.7 Å². The van der Waals surface area contributed by atoms with E-state index < -0.39 is 0 Å². The highest BCUT2D eigenvalue weighted by Crippen LogP contribution is 2.26. The number of carbonyl (C=O) groups excluding carboxylic acids is 1. The molecule has 2 N–H and O–H groups in total. The summed E-state index contributed by atoms with van der Waals surface area (Å²) in [4.78, 5) is 15.6. The first-order chi connectivity index (χ1) is 12.1. The quantitative estimate of drug-likeness (QED) is 0.478. The van der Waals surface area contributed by atoms with E-state index in [1.54, 1.807) is 0 Å². The largest absolute Gasteiger partial charge is 1.00 e. The highest BCUT2D eigenvalue weighted by molar-refractivity contribution is 7.14. The summed E-state index contributed by atoms with van der Waals surface area (Å²) in [6.45, 7) is 3.45. The minimum Gasteiger partial charge on any atom is -1.00 e. The van der Waals surface area contributed by atoms with E-state index in [9.17, 15) is 4.79 Å². The third kappa shape index (κ3) is 5.24. The van der Waals surface area contributed by atoms with Crippen LogP contribution in [-0.4, -0.2) is 16.6 Å². The van der Waals surface area contributed by atoms with Gasteiger partial charge in [-0.15, -0.1) is 11.3 Å². The van der Waals surface area contributed by atoms with Crippen molar-refractivity contribution in [1.82, 2.24) is 4.98 Å². The number of aromatic nitrogens is 1. The van der Waals surface area contributed by atoms with Gasteiger partial charge in [-0.25, -0.2) is 4.98 Å². The molecule has 0 radical (unpaired) electrons. The van der Waals surface area contributed by atoms with Gasteiger partial charge in [0.1, 0.15) is 0 Å². The number of benzene rings is 2. The van der Waals surface area contributed by atoms with Crippen LogP contribution in [0.25, 0.3) is 11.3 Å². The summed E-state index contributed by atoms with van der Waals surface area (Å²) in [5, 5.41) is 9.84. The van der Waals surface area contributed by atoms with Crippen LogP contribution in [0.5, 0.6) is 0 Å². The third-order valence-electron chi connectivity index (χ3n) is 3.52. The Balaban J connectivity index is 0.00000243. The predicted octanol–water partition coefficient (Wildman–Crippen LogP) is 1.61. The lowest BCUT2D eigenvalue weighted by Gasteiger charge is -2.03. The van der Waals surface area contributed by atoms with Crippen LogP contribution in [0.2, 0.25) is 0 Å². The SMILES string of the molecule is CC(=O)Nc1ccc(-c2csc(NN=C(C)c3ccccc3)n2)cc1.[Br-]. The molecule has 0 saturated heterocycles. The number of rotatable bonds is 5. The van der Waals surface area contributed by atoms with Gasteiger partial charge in [0.15, 0.2) is 0 Å². The van der Waals surface area contributed by atoms with Gasteiger partial charge in [-0.2, -0.15) is 5.10 Å². The van der Waals surface area contributed by atoms with E-state index in [4.69, 9.17) is 0 Å². The first kappa shape index (κ1) is 19.8. The molecule has 3 rings (SSSR count). The first-order valence-corrected chi connectivity index (χ1v) is 8.69. The Morgan fingerprint density at radius 3 is 2.38 bits per heavy atom. The van der Waals surface area contributed by atoms with Gasteiger partial charge in [0, 0.05) is 23.6 Å². The van der Waals surface area contributed by atoms with Crippen molar-refractivity contribution in [3.8, 4) is 11.3 Å². The Morgan fingerprint density at radius 2 is 1.73 bits per heavy atom. The molecule has 0 spiro atoms. The molecule has 1 heterocycles. The predicted molar refractivity (Wildman–Crippen MR) is 104 cm³/mol. The van der Waals surface area contributed by atoms with Gasteiger partial charge >= 0.3 is 0 Å². The average molecular weight is 430 g/mol. The number of hydrogen-bond acceptors (Lipinski definition) is 5. The van der Waals surface area contributed by atoms with Gasteiger partial charge in [-0.1, -0.05) is 42.5 Å². The topological polar surface area (TPSA) is 66.4 Å². The number of halogens is 1. The van der Waals surface area contributed by atoms with Crippen LogP contribution in [0.3, 0.4) is 0 Å². The molecule has 0 atom stereocenters. The molecule has 5 nitrogen and oxygen atoms in total. The Hall–Kier alpha value is -2.51. The summed E-state index contributed by atoms with van der Waals surface area (Å²) in [5.41, 5.74) is 7.61. The fourth-order valence-electron chi connectivity index (χ4n) is 2.26. The van der Waals surface area contributed by atoms with Gasteiger partial charge in [0.2, 0.25) is 11.0 Å². The average Bonchev–Trinajstić information content (AvgIpc) is 3.09. The van der Waals surface area contributed by atoms with Crippen LogP contribution in [0, 0.1) is 0 Å². The highest BCUT2D eigenvalue weighted by atomic mass is 79.9. The van der Waals surface area contributed by atoms with Crippen LogP contribution < -0.4 is 27.7 Å². The van der Waals surface area contributed by atoms with Gasteiger partial charge in [-0.3, -0.25) is 10.2 Å². The van der Waals surface area contributed by atoms with Crippen molar-refractivity contribution in [2.24, 2.45) is 5.10 Å². The van der Waals surface area contributed by atoms with Crippen molar-refractivity contribution in [1.29, 1.82) is 0 Å². The summed E-state index contributed by atoms with van der Waals surface area (Å²) in [7, 11) is 0. The summed E-state index contributed by atoms with van der Waals surface area (Å²) >= 11 is 1.50. The lowest BCUT2D eigenvalue weighted by molar-refractivity contribution is -0.114. The number of hydrogen-bond donors (Lipinski definition) is 2. The molecular weight excluding hydrogens is 412 g/mol. The van der Waals surface area contributed by atoms with E-state index in [-0.39, 0.29) is 22.9 Å². The van der Waals surface area contributed by atoms with E-state index in [2.05, 4.69) is 20.8 Å². The number of hydrazone groups is 1. The standard InChI is InChI=1S/C19H18N4OS.BrH/c1-13(15-6-4-3-5-7-15)22-23-19-21-18(12-25-19)16-8-10-17(11-9-16)20-14(2)24;/h3-12H,1-2H3,(H,20,24)(H,21,23);1H/p-1. The molecule has 0 aliphatic rings. The molecular formula is C19H18BrN4OS-. The summed E-state index contributed by atoms with van der Waals surface area (Å²) < 4.78 is 0. The number of nitrogens with one attached hydrogen (secondary N) is 2. The number of amides is 1. The van der Waals surface area contributed by atoms with E-state index in [0.29, 0.717) is 0 Å². The number of nitrogens with zero attached hydrogens (tertiary/aromatic N) is 2. The van der Waals surface area contributed by atoms with Crippen molar-refractivity contribution in [2.45, 2.75) is 13.8 Å². The fourth-order valence-corrected chi connectivity index (χ4v) is 2.92. The molecule has 26 heavy (non-hydrogen) atoms. The van der Waals surface area contributed by atoms with Crippen molar-refractivity contribution >= 4 is 33.8 Å². The maximum absolute atomic E-state index is 11.1. The number of anilines is 2. The Kier molecular flexibility index (Phi) is 7.06. The zero-order chi connectivity index (χ0) is 17.6. The molecule has 0 fully saturated rings. The van der Waals surface area contributed by atoms with E-state index >= 15 is 0 Å². The Morgan fingerprint density at radius 1 is 1.04 bits per heavy atom. The number of thiazole rings is 1. The second-order valence-electron chi connectivity index (χ2n) is 5.47. The molecule has 7 heteroatoms. The maximum Gasteiger partial charge on any atom is 0.221 e. The molecule has 2 aromatic carbocycles. The zero-order valence-corrected chi connectivity index (χ0v) is 16.8. The van der Waals surface area contributed by atoms with Crippen LogP contribution >= 0.6 is 11.3 Å². The zero-order valence-electron chi connectivity index (χ0n) is 14.4. The van der Waals surface area contributed by atoms with Crippen LogP contribution in [0.4, 0.5) is 10.8 Å². The highest BCUT2D eigenvalue weighted by Gasteiger charge is 2.05. The summed E-state index contributed by atoms with van der Waals surface area (Å²) in [6, 6.07) is 17.6. The normalized spacial score (nSPS) is 10.8. The van der Waals surface area contributed by atoms with Crippen molar-refractivity contribution < 1.29 is 21.8 Å². The lowest BCUT2D eigenvalue weighted by atomic mass is 10.1. The Labute approximate surface area is 167 Å². The molecule has 1 amide bonds. The van der Waals surface area contributed by atoms with Crippen LogP contribution in [0.1, 0.15) is 19.4 Å². The van der Waals surface area contributed by atoms with Gasteiger partial charge in [0.05, 0.1) is 11.4 Å². The van der Waals surface area contributed by atoms with Crippen LogP contribution in [-0.2, 0) is 4.79 Å². The third-order valence-corrected chi connectivity index (χ3v) is 4.26. The molecule has 1 aromatic heterocycles. The first-order valence-electron chi connectivity index (χ1n) is 7.81. The molecule has 0 bridgehead atoms. The fraction of sp³-hybridized carbons (Fsp3) is 0.105. The molecule has 134 valence electrons. The van der Waals surface area contributed by atoms with Crippen LogP contribution in [0.15, 0.2) is 65.1 Å². The molecule has 3 aromatic rings. The maximum atomic E-state index is 11.1. The van der Waals surface area contributed by atoms with Crippen molar-refractivity contribution in [3.63, 3.8) is 0 Å². The van der Waals surface area contributed by atoms with E-state index in [1.807, 2.05) is 66.9 Å². The Bertz CT molecular complexity index is 891. The molecule has 0 unspecified atom stereocenters. The second kappa shape index (κ2) is 9.26. The van der Waals surface area contributed by atoms with Gasteiger partial charge in [0.25, 0.3) is 0 Å². The van der Waals surface area contributed by atoms with Gasteiger partial charge in [-0.05, 0) is 24.6 Å². The van der Waals surface area contributed by atoms with E-state index in [0.717, 1.165) is 33.4 Å². The molecule has 0 saturated carbocycles. The lowest BCUT2D eigenvalue weighted by Crippen LogP contribution is -3.00. The summed E-state index contributed by atoms with van der Waals surface area (Å²) in [5.74, 6) is -0.0838. The minimum absolute atomic E-state index is 0. The summed E-state index contributed by atoms with van der Waals surface area (Å²) in [6.07, 6.45) is 0. The minimum atomic E-state index is -0.0838. The smallest absolute Gasteiger partial charge is 0.221 e. The number of carbonyl (C=O) groups is 1. The van der Waals surface area contributed by atoms with E-state index in [1.165, 1.54) is 18.3 Å². The second-order valence-corrected chi connectivity index (χ2v) is 6.33. The molecule has 0 aliphatic heterocycles. The van der Waals surface area contributed by atoms with Gasteiger partial charge < -0.3 is 22.3 Å².